The van der Waals surface area contributed by atoms with E-state index in [1.54, 1.807) is 19.9 Å². The average Bonchev–Trinajstić information content (AvgIpc) is 2.74. The number of hydrogen-bond acceptors (Lipinski definition) is 4. The summed E-state index contributed by atoms with van der Waals surface area (Å²) in [5.74, 6) is -1.93. The van der Waals surface area contributed by atoms with Crippen LogP contribution in [0.25, 0.3) is 0 Å². The summed E-state index contributed by atoms with van der Waals surface area (Å²) in [7, 11) is 2.84. The number of amides is 2. The Kier molecular flexibility index (Phi) is 8.07. The molecule has 2 amide bonds. The van der Waals surface area contributed by atoms with Gasteiger partial charge in [0.25, 0.3) is 5.91 Å². The third kappa shape index (κ3) is 6.35. The third-order valence-electron chi connectivity index (χ3n) is 4.68. The lowest BCUT2D eigenvalue weighted by atomic mass is 10.0. The Hall–Kier alpha value is -3.30. The summed E-state index contributed by atoms with van der Waals surface area (Å²) in [6, 6.07) is 5.68. The summed E-state index contributed by atoms with van der Waals surface area (Å²) in [4.78, 5) is 25.4. The molecule has 0 aromatic heterocycles. The molecule has 1 unspecified atom stereocenters. The maximum atomic E-state index is 13.3. The van der Waals surface area contributed by atoms with Gasteiger partial charge in [0.15, 0.2) is 0 Å². The number of benzene rings is 2. The molecule has 2 N–H and O–H groups in total. The van der Waals surface area contributed by atoms with E-state index < -0.39 is 42.0 Å². The van der Waals surface area contributed by atoms with Crippen LogP contribution in [0.3, 0.4) is 0 Å². The zero-order valence-corrected chi connectivity index (χ0v) is 18.0. The molecule has 2 aromatic carbocycles. The summed E-state index contributed by atoms with van der Waals surface area (Å²) < 4.78 is 63.0. The van der Waals surface area contributed by atoms with Gasteiger partial charge in [-0.1, -0.05) is 19.9 Å². The van der Waals surface area contributed by atoms with Crippen molar-refractivity contribution < 1.29 is 36.6 Å². The SMILES string of the molecule is COc1cc(OC)cc(C(=O)NC(C(=O)NCc2ccc(F)cc2C(F)(F)F)C(C)C)c1. The number of carbonyl (C=O) groups is 2. The molecule has 0 saturated carbocycles. The highest BCUT2D eigenvalue weighted by molar-refractivity contribution is 5.98. The quantitative estimate of drug-likeness (QED) is 0.591. The molecular formula is C22H24F4N2O4. The van der Waals surface area contributed by atoms with E-state index in [9.17, 15) is 27.2 Å². The molecule has 0 bridgehead atoms. The van der Waals surface area contributed by atoms with Crippen molar-refractivity contribution in [1.29, 1.82) is 0 Å². The van der Waals surface area contributed by atoms with Crippen LogP contribution >= 0.6 is 0 Å². The van der Waals surface area contributed by atoms with Gasteiger partial charge in [0.05, 0.1) is 19.8 Å². The third-order valence-corrected chi connectivity index (χ3v) is 4.68. The molecular weight excluding hydrogens is 432 g/mol. The number of rotatable bonds is 8. The van der Waals surface area contributed by atoms with Gasteiger partial charge in [0.1, 0.15) is 23.4 Å². The molecule has 10 heteroatoms. The van der Waals surface area contributed by atoms with Crippen LogP contribution in [0.1, 0.15) is 35.3 Å². The number of hydrogen-bond donors (Lipinski definition) is 2. The van der Waals surface area contributed by atoms with E-state index in [2.05, 4.69) is 10.6 Å². The molecule has 0 radical (unpaired) electrons. The molecule has 0 aliphatic rings. The summed E-state index contributed by atoms with van der Waals surface area (Å²) in [5.41, 5.74) is -1.29. The first kappa shape index (κ1) is 25.0. The lowest BCUT2D eigenvalue weighted by Gasteiger charge is -2.22. The van der Waals surface area contributed by atoms with Crippen LogP contribution in [0.5, 0.6) is 11.5 Å². The molecule has 0 spiro atoms. The molecule has 174 valence electrons. The second-order valence-corrected chi connectivity index (χ2v) is 7.31. The van der Waals surface area contributed by atoms with Crippen molar-refractivity contribution in [2.24, 2.45) is 5.92 Å². The number of nitrogens with one attached hydrogen (secondary N) is 2. The van der Waals surface area contributed by atoms with Gasteiger partial charge in [-0.2, -0.15) is 13.2 Å². The molecule has 6 nitrogen and oxygen atoms in total. The number of alkyl halides is 3. The second-order valence-electron chi connectivity index (χ2n) is 7.31. The lowest BCUT2D eigenvalue weighted by Crippen LogP contribution is -2.49. The van der Waals surface area contributed by atoms with Crippen LogP contribution in [-0.2, 0) is 17.5 Å². The summed E-state index contributed by atoms with van der Waals surface area (Å²) in [6.07, 6.45) is -4.78. The fourth-order valence-corrected chi connectivity index (χ4v) is 2.96. The van der Waals surface area contributed by atoms with Crippen molar-refractivity contribution in [3.63, 3.8) is 0 Å². The number of carbonyl (C=O) groups excluding carboxylic acids is 2. The molecule has 0 saturated heterocycles. The fourth-order valence-electron chi connectivity index (χ4n) is 2.96. The van der Waals surface area contributed by atoms with Crippen LogP contribution in [0.4, 0.5) is 17.6 Å². The molecule has 2 rings (SSSR count). The van der Waals surface area contributed by atoms with Crippen molar-refractivity contribution in [2.75, 3.05) is 14.2 Å². The topological polar surface area (TPSA) is 76.7 Å². The molecule has 2 aromatic rings. The van der Waals surface area contributed by atoms with Crippen molar-refractivity contribution in [3.8, 4) is 11.5 Å². The van der Waals surface area contributed by atoms with Crippen molar-refractivity contribution in [3.05, 3.63) is 58.9 Å². The van der Waals surface area contributed by atoms with E-state index in [1.807, 2.05) is 0 Å². The van der Waals surface area contributed by atoms with Gasteiger partial charge in [-0.25, -0.2) is 4.39 Å². The van der Waals surface area contributed by atoms with E-state index in [0.717, 1.165) is 12.1 Å². The van der Waals surface area contributed by atoms with E-state index >= 15 is 0 Å². The summed E-state index contributed by atoms with van der Waals surface area (Å²) in [5, 5.41) is 4.97. The highest BCUT2D eigenvalue weighted by Crippen LogP contribution is 2.32. The Morgan fingerprint density at radius 1 is 1.00 bits per heavy atom. The van der Waals surface area contributed by atoms with Gasteiger partial charge in [0, 0.05) is 18.2 Å². The lowest BCUT2D eigenvalue weighted by molar-refractivity contribution is -0.138. The zero-order chi connectivity index (χ0) is 24.1. The van der Waals surface area contributed by atoms with Crippen molar-refractivity contribution >= 4 is 11.8 Å². The van der Waals surface area contributed by atoms with Gasteiger partial charge < -0.3 is 20.1 Å². The summed E-state index contributed by atoms with van der Waals surface area (Å²) >= 11 is 0. The van der Waals surface area contributed by atoms with E-state index in [-0.39, 0.29) is 17.0 Å². The van der Waals surface area contributed by atoms with Gasteiger partial charge in [-0.15, -0.1) is 0 Å². The van der Waals surface area contributed by atoms with Crippen LogP contribution in [-0.4, -0.2) is 32.1 Å². The smallest absolute Gasteiger partial charge is 0.416 e. The van der Waals surface area contributed by atoms with Crippen molar-refractivity contribution in [1.82, 2.24) is 10.6 Å². The van der Waals surface area contributed by atoms with E-state index in [1.165, 1.54) is 26.4 Å². The van der Waals surface area contributed by atoms with Crippen LogP contribution in [0.15, 0.2) is 36.4 Å². The maximum Gasteiger partial charge on any atom is 0.416 e. The normalized spacial score (nSPS) is 12.3. The Bertz CT molecular complexity index is 955. The van der Waals surface area contributed by atoms with E-state index in [0.29, 0.717) is 17.6 Å². The minimum absolute atomic E-state index is 0.178. The minimum atomic E-state index is -4.78. The summed E-state index contributed by atoms with van der Waals surface area (Å²) in [6.45, 7) is 2.87. The highest BCUT2D eigenvalue weighted by atomic mass is 19.4. The number of ether oxygens (including phenoxy) is 2. The van der Waals surface area contributed by atoms with Crippen LogP contribution in [0.2, 0.25) is 0 Å². The van der Waals surface area contributed by atoms with Crippen LogP contribution < -0.4 is 20.1 Å². The predicted octanol–water partition coefficient (Wildman–Crippen LogP) is 3.93. The first-order valence-corrected chi connectivity index (χ1v) is 9.63. The average molecular weight is 456 g/mol. The second kappa shape index (κ2) is 10.3. The predicted molar refractivity (Wildman–Crippen MR) is 109 cm³/mol. The molecule has 0 fully saturated rings. The number of methoxy groups -OCH3 is 2. The zero-order valence-electron chi connectivity index (χ0n) is 18.0. The number of halogens is 4. The Labute approximate surface area is 182 Å². The first-order chi connectivity index (χ1) is 15.0. The highest BCUT2D eigenvalue weighted by Gasteiger charge is 2.34. The van der Waals surface area contributed by atoms with Gasteiger partial charge in [-0.05, 0) is 35.7 Å². The molecule has 0 aliphatic heterocycles. The van der Waals surface area contributed by atoms with Crippen molar-refractivity contribution in [2.45, 2.75) is 32.6 Å². The van der Waals surface area contributed by atoms with Gasteiger partial charge in [-0.3, -0.25) is 9.59 Å². The first-order valence-electron chi connectivity index (χ1n) is 9.63. The largest absolute Gasteiger partial charge is 0.497 e. The van der Waals surface area contributed by atoms with Gasteiger partial charge >= 0.3 is 6.18 Å². The Morgan fingerprint density at radius 3 is 2.09 bits per heavy atom. The Morgan fingerprint density at radius 2 is 1.59 bits per heavy atom. The molecule has 1 atom stereocenters. The fraction of sp³-hybridized carbons (Fsp3) is 0.364. The molecule has 0 heterocycles. The maximum absolute atomic E-state index is 13.3. The monoisotopic (exact) mass is 456 g/mol. The molecule has 0 aliphatic carbocycles. The molecule has 32 heavy (non-hydrogen) atoms. The van der Waals surface area contributed by atoms with E-state index in [4.69, 9.17) is 9.47 Å². The van der Waals surface area contributed by atoms with Gasteiger partial charge in [0.2, 0.25) is 5.91 Å². The van der Waals surface area contributed by atoms with Crippen LogP contribution in [0, 0.1) is 11.7 Å². The Balaban J connectivity index is 2.17. The standard InChI is InChI=1S/C22H24F4N2O4/c1-12(2)19(28-20(29)14-7-16(31-3)10-17(8-14)32-4)21(30)27-11-13-5-6-15(23)9-18(13)22(24,25)26/h5-10,12,19H,11H2,1-4H3,(H,27,30)(H,28,29). The minimum Gasteiger partial charge on any atom is -0.497 e.